The normalized spacial score (nSPS) is 18.6. The largest absolute Gasteiger partial charge is 0.480 e. The molecule has 1 aromatic carbocycles. The number of aliphatic carboxylic acids is 4. The van der Waals surface area contributed by atoms with Crippen molar-refractivity contribution in [1.29, 1.82) is 0 Å². The lowest BCUT2D eigenvalue weighted by Gasteiger charge is -2.37. The van der Waals surface area contributed by atoms with E-state index in [1.54, 1.807) is 19.6 Å². The van der Waals surface area contributed by atoms with Gasteiger partial charge in [-0.05, 0) is 30.4 Å². The van der Waals surface area contributed by atoms with Crippen molar-refractivity contribution in [2.45, 2.75) is 57.9 Å². The Morgan fingerprint density at radius 2 is 1.07 bits per heavy atom. The molecule has 1 aliphatic heterocycles. The highest BCUT2D eigenvalue weighted by Crippen LogP contribution is 2.16. The van der Waals surface area contributed by atoms with Crippen LogP contribution in [0.4, 0.5) is 0 Å². The minimum atomic E-state index is -1.02. The smallest absolute Gasteiger partial charge is 0.317 e. The number of carbonyl (C=O) groups is 4. The van der Waals surface area contributed by atoms with E-state index in [1.807, 2.05) is 12.1 Å². The Hall–Kier alpha value is -3.06. The van der Waals surface area contributed by atoms with Gasteiger partial charge in [0.05, 0.1) is 26.2 Å². The van der Waals surface area contributed by atoms with Gasteiger partial charge in [0, 0.05) is 51.9 Å². The maximum absolute atomic E-state index is 11.9. The third-order valence-electron chi connectivity index (χ3n) is 7.63. The van der Waals surface area contributed by atoms with E-state index in [2.05, 4.69) is 19.1 Å². The van der Waals surface area contributed by atoms with E-state index in [0.717, 1.165) is 18.4 Å². The van der Waals surface area contributed by atoms with Crippen molar-refractivity contribution >= 4 is 23.9 Å². The van der Waals surface area contributed by atoms with Crippen molar-refractivity contribution < 1.29 is 39.6 Å². The maximum atomic E-state index is 11.9. The highest BCUT2D eigenvalue weighted by molar-refractivity contribution is 5.70. The van der Waals surface area contributed by atoms with Gasteiger partial charge in [0.1, 0.15) is 0 Å². The molecule has 0 unspecified atom stereocenters. The first kappa shape index (κ1) is 35.1. The standard InChI is InChI=1S/C30H48N4O8/c1-2-3-4-5-6-7-24-8-10-25(11-9-24)18-26-19-33(22-29(39)40)15-14-31(20-27(35)36)12-13-32(21-28(37)38)16-17-34(26)23-30(41)42/h8-11,26H,2-7,12-23H2,1H3,(H,35,36)(H,37,38)(H,39,40)(H,41,42)/t26-/m0/s1. The Labute approximate surface area is 248 Å². The molecule has 0 saturated carbocycles. The van der Waals surface area contributed by atoms with Crippen LogP contribution in [0.2, 0.25) is 0 Å². The van der Waals surface area contributed by atoms with Gasteiger partial charge in [0.25, 0.3) is 0 Å². The lowest BCUT2D eigenvalue weighted by molar-refractivity contribution is -0.142. The van der Waals surface area contributed by atoms with Gasteiger partial charge in [-0.1, -0.05) is 56.9 Å². The molecular weight excluding hydrogens is 544 g/mol. The number of rotatable bonds is 16. The topological polar surface area (TPSA) is 162 Å². The number of hydrogen-bond donors (Lipinski definition) is 4. The molecule has 1 heterocycles. The fourth-order valence-electron chi connectivity index (χ4n) is 5.40. The van der Waals surface area contributed by atoms with Crippen molar-refractivity contribution in [3.63, 3.8) is 0 Å². The van der Waals surface area contributed by atoms with Gasteiger partial charge in [-0.2, -0.15) is 0 Å². The van der Waals surface area contributed by atoms with E-state index < -0.39 is 23.9 Å². The Morgan fingerprint density at radius 1 is 0.619 bits per heavy atom. The van der Waals surface area contributed by atoms with E-state index in [0.29, 0.717) is 6.42 Å². The number of benzene rings is 1. The van der Waals surface area contributed by atoms with Crippen molar-refractivity contribution in [2.75, 3.05) is 72.0 Å². The van der Waals surface area contributed by atoms with Gasteiger partial charge in [-0.15, -0.1) is 0 Å². The minimum Gasteiger partial charge on any atom is -0.480 e. The Balaban J connectivity index is 2.30. The summed E-state index contributed by atoms with van der Waals surface area (Å²) in [5.74, 6) is -4.09. The van der Waals surface area contributed by atoms with Gasteiger partial charge in [-0.25, -0.2) is 0 Å². The van der Waals surface area contributed by atoms with Crippen molar-refractivity contribution in [3.8, 4) is 0 Å². The first-order valence-electron chi connectivity index (χ1n) is 14.9. The predicted molar refractivity (Wildman–Crippen MR) is 158 cm³/mol. The first-order chi connectivity index (χ1) is 20.0. The highest BCUT2D eigenvalue weighted by atomic mass is 16.4. The third-order valence-corrected chi connectivity index (χ3v) is 7.63. The maximum Gasteiger partial charge on any atom is 0.317 e. The van der Waals surface area contributed by atoms with Gasteiger partial charge in [0.15, 0.2) is 0 Å². The highest BCUT2D eigenvalue weighted by Gasteiger charge is 2.27. The SMILES string of the molecule is CCCCCCCc1ccc(C[C@H]2CN(CC(=O)O)CCN(CC(=O)O)CCN(CC(=O)O)CCN2CC(=O)O)cc1. The molecule has 0 radical (unpaired) electrons. The summed E-state index contributed by atoms with van der Waals surface area (Å²) in [6, 6.07) is 7.92. The summed E-state index contributed by atoms with van der Waals surface area (Å²) in [5.41, 5.74) is 2.24. The Bertz CT molecular complexity index is 990. The monoisotopic (exact) mass is 592 g/mol. The molecule has 0 aromatic heterocycles. The van der Waals surface area contributed by atoms with E-state index >= 15 is 0 Å². The second kappa shape index (κ2) is 19.2. The molecule has 42 heavy (non-hydrogen) atoms. The summed E-state index contributed by atoms with van der Waals surface area (Å²) in [7, 11) is 0. The van der Waals surface area contributed by atoms with Gasteiger partial charge in [-0.3, -0.25) is 38.8 Å². The predicted octanol–water partition coefficient (Wildman–Crippen LogP) is 1.67. The molecule has 1 saturated heterocycles. The molecule has 0 aliphatic carbocycles. The van der Waals surface area contributed by atoms with Gasteiger partial charge >= 0.3 is 23.9 Å². The fraction of sp³-hybridized carbons (Fsp3) is 0.667. The van der Waals surface area contributed by atoms with Crippen LogP contribution in [0.25, 0.3) is 0 Å². The van der Waals surface area contributed by atoms with Crippen LogP contribution in [0.3, 0.4) is 0 Å². The number of aryl methyl sites for hydroxylation is 1. The van der Waals surface area contributed by atoms with Gasteiger partial charge in [0.2, 0.25) is 0 Å². The molecule has 12 nitrogen and oxygen atoms in total. The third kappa shape index (κ3) is 14.7. The molecule has 2 rings (SSSR count). The van der Waals surface area contributed by atoms with Crippen molar-refractivity contribution in [3.05, 3.63) is 35.4 Å². The van der Waals surface area contributed by atoms with Crippen LogP contribution in [0.1, 0.15) is 50.2 Å². The molecular formula is C30H48N4O8. The zero-order chi connectivity index (χ0) is 30.9. The molecule has 1 fully saturated rings. The summed E-state index contributed by atoms with van der Waals surface area (Å²) in [6.45, 7) is 3.07. The second-order valence-corrected chi connectivity index (χ2v) is 11.2. The molecule has 0 bridgehead atoms. The number of hydrogen-bond acceptors (Lipinski definition) is 8. The molecule has 1 aromatic rings. The van der Waals surface area contributed by atoms with Crippen LogP contribution >= 0.6 is 0 Å². The summed E-state index contributed by atoms with van der Waals surface area (Å²) in [4.78, 5) is 53.5. The Kier molecular flexibility index (Phi) is 16.1. The van der Waals surface area contributed by atoms with Crippen LogP contribution in [-0.2, 0) is 32.0 Å². The average Bonchev–Trinajstić information content (AvgIpc) is 2.90. The van der Waals surface area contributed by atoms with Crippen molar-refractivity contribution in [2.24, 2.45) is 0 Å². The number of carboxylic acids is 4. The van der Waals surface area contributed by atoms with Crippen molar-refractivity contribution in [1.82, 2.24) is 19.6 Å². The van der Waals surface area contributed by atoms with E-state index in [9.17, 15) is 39.6 Å². The number of unbranched alkanes of at least 4 members (excludes halogenated alkanes) is 4. The number of carboxylic acid groups (broad SMARTS) is 4. The zero-order valence-corrected chi connectivity index (χ0v) is 24.8. The minimum absolute atomic E-state index is 0.249. The van der Waals surface area contributed by atoms with Crippen LogP contribution < -0.4 is 0 Å². The quantitative estimate of drug-likeness (QED) is 0.206. The molecule has 236 valence electrons. The lowest BCUT2D eigenvalue weighted by atomic mass is 9.99. The van der Waals surface area contributed by atoms with Gasteiger partial charge < -0.3 is 20.4 Å². The average molecular weight is 593 g/mol. The van der Waals surface area contributed by atoms with Crippen LogP contribution in [-0.4, -0.2) is 142 Å². The molecule has 4 N–H and O–H groups in total. The van der Waals surface area contributed by atoms with E-state index in [1.165, 1.54) is 31.2 Å². The molecule has 0 amide bonds. The second-order valence-electron chi connectivity index (χ2n) is 11.2. The van der Waals surface area contributed by atoms with E-state index in [-0.39, 0.29) is 78.0 Å². The summed E-state index contributed by atoms with van der Waals surface area (Å²) < 4.78 is 0. The Morgan fingerprint density at radius 3 is 1.60 bits per heavy atom. The van der Waals surface area contributed by atoms with Crippen LogP contribution in [0, 0.1) is 0 Å². The van der Waals surface area contributed by atoms with Crippen LogP contribution in [0.15, 0.2) is 24.3 Å². The summed E-state index contributed by atoms with van der Waals surface area (Å²) >= 11 is 0. The number of nitrogens with zero attached hydrogens (tertiary/aromatic N) is 4. The lowest BCUT2D eigenvalue weighted by Crippen LogP contribution is -2.53. The molecule has 1 atom stereocenters. The molecule has 0 spiro atoms. The molecule has 1 aliphatic rings. The van der Waals surface area contributed by atoms with Crippen LogP contribution in [0.5, 0.6) is 0 Å². The summed E-state index contributed by atoms with van der Waals surface area (Å²) in [5, 5.41) is 38.2. The zero-order valence-electron chi connectivity index (χ0n) is 24.8. The fourth-order valence-corrected chi connectivity index (χ4v) is 5.40. The van der Waals surface area contributed by atoms with E-state index in [4.69, 9.17) is 0 Å². The molecule has 12 heteroatoms. The summed E-state index contributed by atoms with van der Waals surface area (Å²) in [6.07, 6.45) is 7.50. The first-order valence-corrected chi connectivity index (χ1v) is 14.9.